The molecule has 0 aliphatic heterocycles. The van der Waals surface area contributed by atoms with Crippen molar-refractivity contribution in [2.24, 2.45) is 11.8 Å². The number of nitrogens with zero attached hydrogens (tertiary/aromatic N) is 2. The van der Waals surface area contributed by atoms with Crippen LogP contribution in [0.3, 0.4) is 0 Å². The fourth-order valence-electron chi connectivity index (χ4n) is 2.32. The van der Waals surface area contributed by atoms with E-state index in [2.05, 4.69) is 0 Å². The summed E-state index contributed by atoms with van der Waals surface area (Å²) in [5.41, 5.74) is 0. The maximum Gasteiger partial charge on any atom is 0.243 e. The minimum Gasteiger partial charge on any atom is -0.341 e. The first-order valence-electron chi connectivity index (χ1n) is 8.03. The van der Waals surface area contributed by atoms with E-state index in [1.165, 1.54) is 31.3 Å². The number of halogens is 1. The Hall–Kier alpha value is -1.11. The Balaban J connectivity index is 2.88. The highest BCUT2D eigenvalue weighted by molar-refractivity contribution is 7.89. The normalized spacial score (nSPS) is 12.2. The fourth-order valence-corrected chi connectivity index (χ4v) is 3.57. The van der Waals surface area contributed by atoms with E-state index < -0.39 is 10.0 Å². The Morgan fingerprint density at radius 3 is 1.92 bits per heavy atom. The molecule has 0 bridgehead atoms. The highest BCUT2D eigenvalue weighted by atomic mass is 35.5. The van der Waals surface area contributed by atoms with Crippen molar-refractivity contribution in [3.8, 4) is 0 Å². The van der Waals surface area contributed by atoms with Crippen LogP contribution in [0.5, 0.6) is 0 Å². The molecule has 5 nitrogen and oxygen atoms in total. The van der Waals surface area contributed by atoms with Gasteiger partial charge in [-0.3, -0.25) is 4.79 Å². The van der Waals surface area contributed by atoms with Gasteiger partial charge in [-0.1, -0.05) is 39.3 Å². The van der Waals surface area contributed by atoms with Crippen LogP contribution in [-0.4, -0.2) is 50.2 Å². The second-order valence-corrected chi connectivity index (χ2v) is 9.28. The average Bonchev–Trinajstić information content (AvgIpc) is 2.45. The van der Waals surface area contributed by atoms with E-state index in [4.69, 9.17) is 11.6 Å². The average molecular weight is 375 g/mol. The first-order chi connectivity index (χ1) is 11.0. The van der Waals surface area contributed by atoms with E-state index in [1.54, 1.807) is 4.90 Å². The minimum atomic E-state index is -3.71. The second-order valence-electron chi connectivity index (χ2n) is 6.80. The number of carbonyl (C=O) groups excluding carboxylic acids is 1. The summed E-state index contributed by atoms with van der Waals surface area (Å²) in [4.78, 5) is 14.4. The molecule has 0 unspecified atom stereocenters. The Kier molecular flexibility index (Phi) is 7.70. The van der Waals surface area contributed by atoms with Gasteiger partial charge in [0, 0.05) is 25.2 Å². The monoisotopic (exact) mass is 374 g/mol. The van der Waals surface area contributed by atoms with Gasteiger partial charge in [0.05, 0.1) is 11.4 Å². The van der Waals surface area contributed by atoms with Gasteiger partial charge in [0.1, 0.15) is 0 Å². The van der Waals surface area contributed by atoms with Crippen molar-refractivity contribution in [3.05, 3.63) is 29.3 Å². The van der Waals surface area contributed by atoms with E-state index in [1.807, 2.05) is 27.7 Å². The summed E-state index contributed by atoms with van der Waals surface area (Å²) < 4.78 is 26.2. The number of hydrogen-bond donors (Lipinski definition) is 0. The maximum absolute atomic E-state index is 12.6. The number of carbonyl (C=O) groups is 1. The van der Waals surface area contributed by atoms with Gasteiger partial charge >= 0.3 is 0 Å². The highest BCUT2D eigenvalue weighted by Crippen LogP contribution is 2.17. The standard InChI is InChI=1S/C17H27ClN2O3S/c1-13(2)10-20(11-14(3)4)17(21)12-19(5)24(22,23)16-8-6-15(18)7-9-16/h6-9,13-14H,10-12H2,1-5H3. The zero-order chi connectivity index (χ0) is 18.5. The molecule has 0 aromatic heterocycles. The number of likely N-dealkylation sites (N-methyl/N-ethyl adjacent to an activating group) is 1. The zero-order valence-corrected chi connectivity index (χ0v) is 16.6. The molecule has 0 N–H and O–H groups in total. The van der Waals surface area contributed by atoms with E-state index in [-0.39, 0.29) is 17.3 Å². The van der Waals surface area contributed by atoms with Gasteiger partial charge in [-0.15, -0.1) is 0 Å². The van der Waals surface area contributed by atoms with Crippen molar-refractivity contribution in [3.63, 3.8) is 0 Å². The molecular formula is C17H27ClN2O3S. The van der Waals surface area contributed by atoms with Crippen LogP contribution in [0.15, 0.2) is 29.2 Å². The predicted octanol–water partition coefficient (Wildman–Crippen LogP) is 3.10. The lowest BCUT2D eigenvalue weighted by molar-refractivity contribution is -0.132. The Labute approximate surface area is 150 Å². The molecule has 0 saturated heterocycles. The van der Waals surface area contributed by atoms with Gasteiger partial charge in [-0.05, 0) is 36.1 Å². The van der Waals surface area contributed by atoms with Crippen molar-refractivity contribution in [2.45, 2.75) is 32.6 Å². The smallest absolute Gasteiger partial charge is 0.243 e. The molecule has 0 heterocycles. The number of amides is 1. The molecule has 0 aliphatic rings. The molecule has 136 valence electrons. The molecule has 24 heavy (non-hydrogen) atoms. The van der Waals surface area contributed by atoms with Gasteiger partial charge in [-0.25, -0.2) is 8.42 Å². The molecular weight excluding hydrogens is 348 g/mol. The predicted molar refractivity (Wildman–Crippen MR) is 97.5 cm³/mol. The molecule has 0 radical (unpaired) electrons. The van der Waals surface area contributed by atoms with Gasteiger partial charge in [0.15, 0.2) is 0 Å². The lowest BCUT2D eigenvalue weighted by Crippen LogP contribution is -2.44. The van der Waals surface area contributed by atoms with Crippen molar-refractivity contribution < 1.29 is 13.2 Å². The topological polar surface area (TPSA) is 57.7 Å². The second kappa shape index (κ2) is 8.83. The fraction of sp³-hybridized carbons (Fsp3) is 0.588. The maximum atomic E-state index is 12.6. The Morgan fingerprint density at radius 1 is 1.04 bits per heavy atom. The van der Waals surface area contributed by atoms with Crippen LogP contribution in [0.1, 0.15) is 27.7 Å². The van der Waals surface area contributed by atoms with Crippen LogP contribution in [0, 0.1) is 11.8 Å². The molecule has 1 rings (SSSR count). The summed E-state index contributed by atoms with van der Waals surface area (Å²) in [5, 5.41) is 0.465. The summed E-state index contributed by atoms with van der Waals surface area (Å²) in [6.07, 6.45) is 0. The Bertz CT molecular complexity index is 632. The van der Waals surface area contributed by atoms with Gasteiger partial charge in [0.2, 0.25) is 15.9 Å². The summed E-state index contributed by atoms with van der Waals surface area (Å²) in [6, 6.07) is 5.93. The molecule has 0 saturated carbocycles. The molecule has 1 aromatic carbocycles. The number of benzene rings is 1. The molecule has 1 amide bonds. The zero-order valence-electron chi connectivity index (χ0n) is 15.0. The molecule has 0 spiro atoms. The van der Waals surface area contributed by atoms with Crippen LogP contribution in [0.4, 0.5) is 0 Å². The van der Waals surface area contributed by atoms with Crippen molar-refractivity contribution in [2.75, 3.05) is 26.7 Å². The molecule has 0 fully saturated rings. The third-order valence-corrected chi connectivity index (χ3v) is 5.47. The first-order valence-corrected chi connectivity index (χ1v) is 9.85. The quantitative estimate of drug-likeness (QED) is 0.702. The Morgan fingerprint density at radius 2 is 1.50 bits per heavy atom. The summed E-state index contributed by atoms with van der Waals surface area (Å²) in [6.45, 7) is 9.20. The minimum absolute atomic E-state index is 0.126. The van der Waals surface area contributed by atoms with E-state index in [0.717, 1.165) is 4.31 Å². The van der Waals surface area contributed by atoms with Gasteiger partial charge in [-0.2, -0.15) is 4.31 Å². The third kappa shape index (κ3) is 6.07. The van der Waals surface area contributed by atoms with E-state index in [0.29, 0.717) is 29.9 Å². The van der Waals surface area contributed by atoms with Crippen LogP contribution in [0.25, 0.3) is 0 Å². The van der Waals surface area contributed by atoms with Gasteiger partial charge < -0.3 is 4.90 Å². The third-order valence-electron chi connectivity index (χ3n) is 3.40. The van der Waals surface area contributed by atoms with Gasteiger partial charge in [0.25, 0.3) is 0 Å². The summed E-state index contributed by atoms with van der Waals surface area (Å²) >= 11 is 5.79. The van der Waals surface area contributed by atoms with Crippen LogP contribution in [0.2, 0.25) is 5.02 Å². The number of sulfonamides is 1. The lowest BCUT2D eigenvalue weighted by atomic mass is 10.1. The highest BCUT2D eigenvalue weighted by Gasteiger charge is 2.25. The van der Waals surface area contributed by atoms with Crippen molar-refractivity contribution >= 4 is 27.5 Å². The largest absolute Gasteiger partial charge is 0.341 e. The molecule has 7 heteroatoms. The van der Waals surface area contributed by atoms with Crippen LogP contribution < -0.4 is 0 Å². The molecule has 1 aromatic rings. The van der Waals surface area contributed by atoms with E-state index >= 15 is 0 Å². The first kappa shape index (κ1) is 20.9. The number of rotatable bonds is 8. The van der Waals surface area contributed by atoms with Crippen molar-refractivity contribution in [1.29, 1.82) is 0 Å². The van der Waals surface area contributed by atoms with Crippen LogP contribution in [-0.2, 0) is 14.8 Å². The molecule has 0 atom stereocenters. The molecule has 0 aliphatic carbocycles. The SMILES string of the molecule is CC(C)CN(CC(C)C)C(=O)CN(C)S(=O)(=O)c1ccc(Cl)cc1. The summed E-state index contributed by atoms with van der Waals surface area (Å²) in [5.74, 6) is 0.467. The van der Waals surface area contributed by atoms with Crippen LogP contribution >= 0.6 is 11.6 Å². The van der Waals surface area contributed by atoms with Crippen molar-refractivity contribution in [1.82, 2.24) is 9.21 Å². The number of hydrogen-bond acceptors (Lipinski definition) is 3. The summed E-state index contributed by atoms with van der Waals surface area (Å²) in [7, 11) is -2.29. The lowest BCUT2D eigenvalue weighted by Gasteiger charge is -2.28. The van der Waals surface area contributed by atoms with E-state index in [9.17, 15) is 13.2 Å².